The maximum absolute atomic E-state index is 9.64. The van der Waals surface area contributed by atoms with Crippen LogP contribution < -0.4 is 0 Å². The highest BCUT2D eigenvalue weighted by Gasteiger charge is 2.40. The third kappa shape index (κ3) is 4.71. The molecule has 2 heteroatoms. The molecule has 0 saturated heterocycles. The van der Waals surface area contributed by atoms with Crippen molar-refractivity contribution in [2.45, 2.75) is 97.7 Å². The third-order valence-corrected chi connectivity index (χ3v) is 6.79. The van der Waals surface area contributed by atoms with E-state index in [-0.39, 0.29) is 6.10 Å². The molecule has 0 aliphatic heterocycles. The molecule has 2 nitrogen and oxygen atoms in total. The minimum Gasteiger partial charge on any atom is -0.391 e. The van der Waals surface area contributed by atoms with Crippen molar-refractivity contribution in [2.75, 3.05) is 6.61 Å². The molecule has 0 aromatic rings. The van der Waals surface area contributed by atoms with E-state index in [1.807, 2.05) is 6.92 Å². The van der Waals surface area contributed by atoms with Gasteiger partial charge in [-0.1, -0.05) is 40.5 Å². The molecule has 22 heavy (non-hydrogen) atoms. The first kappa shape index (κ1) is 18.3. The van der Waals surface area contributed by atoms with E-state index in [0.717, 1.165) is 24.2 Å². The summed E-state index contributed by atoms with van der Waals surface area (Å²) in [5, 5.41) is 9.64. The van der Waals surface area contributed by atoms with Crippen LogP contribution in [-0.4, -0.2) is 23.9 Å². The Morgan fingerprint density at radius 3 is 1.95 bits per heavy atom. The summed E-state index contributed by atoms with van der Waals surface area (Å²) in [5.41, 5.74) is 0.494. The molecule has 0 bridgehead atoms. The number of aliphatic hydroxyl groups excluding tert-OH is 1. The van der Waals surface area contributed by atoms with Gasteiger partial charge in [0.15, 0.2) is 0 Å². The monoisotopic (exact) mass is 310 g/mol. The lowest BCUT2D eigenvalue weighted by atomic mass is 9.60. The number of hydrogen-bond donors (Lipinski definition) is 1. The van der Waals surface area contributed by atoms with Gasteiger partial charge < -0.3 is 9.84 Å². The van der Waals surface area contributed by atoms with Crippen LogP contribution in [0.3, 0.4) is 0 Å². The third-order valence-electron chi connectivity index (χ3n) is 6.79. The highest BCUT2D eigenvalue weighted by molar-refractivity contribution is 4.90. The summed E-state index contributed by atoms with van der Waals surface area (Å²) < 4.78 is 5.91. The molecule has 1 unspecified atom stereocenters. The predicted molar refractivity (Wildman–Crippen MR) is 92.9 cm³/mol. The van der Waals surface area contributed by atoms with Crippen molar-refractivity contribution in [1.82, 2.24) is 0 Å². The Morgan fingerprint density at radius 1 is 0.955 bits per heavy atom. The summed E-state index contributed by atoms with van der Waals surface area (Å²) >= 11 is 0. The molecular formula is C20H38O2. The molecule has 0 aromatic heterocycles. The maximum Gasteiger partial charge on any atom is 0.0771 e. The van der Waals surface area contributed by atoms with Gasteiger partial charge >= 0.3 is 0 Å². The van der Waals surface area contributed by atoms with E-state index in [0.29, 0.717) is 18.1 Å². The van der Waals surface area contributed by atoms with Crippen molar-refractivity contribution >= 4 is 0 Å². The lowest BCUT2D eigenvalue weighted by molar-refractivity contribution is -0.0469. The largest absolute Gasteiger partial charge is 0.391 e. The molecule has 2 saturated carbocycles. The van der Waals surface area contributed by atoms with Gasteiger partial charge in [-0.3, -0.25) is 0 Å². The van der Waals surface area contributed by atoms with E-state index in [1.165, 1.54) is 51.4 Å². The van der Waals surface area contributed by atoms with Crippen molar-refractivity contribution in [2.24, 2.45) is 23.2 Å². The predicted octanol–water partition coefficient (Wildman–Crippen LogP) is 5.19. The highest BCUT2D eigenvalue weighted by atomic mass is 16.5. The molecular weight excluding hydrogens is 272 g/mol. The molecule has 0 radical (unpaired) electrons. The molecule has 0 heterocycles. The van der Waals surface area contributed by atoms with Gasteiger partial charge in [-0.25, -0.2) is 0 Å². The molecule has 2 aliphatic rings. The lowest BCUT2D eigenvalue weighted by Crippen LogP contribution is -2.38. The van der Waals surface area contributed by atoms with Crippen LogP contribution >= 0.6 is 0 Å². The Kier molecular flexibility index (Phi) is 6.76. The standard InChI is InChI=1S/C20H38O2/c1-5-18(21)14-22-19-12-10-17(11-13-19)20(3,4)16-8-6-15(2)7-9-16/h15-19,21H,5-14H2,1-4H3. The zero-order chi connectivity index (χ0) is 16.2. The Labute approximate surface area is 138 Å². The fourth-order valence-corrected chi connectivity index (χ4v) is 4.68. The van der Waals surface area contributed by atoms with Crippen molar-refractivity contribution in [3.63, 3.8) is 0 Å². The van der Waals surface area contributed by atoms with E-state index < -0.39 is 0 Å². The van der Waals surface area contributed by atoms with Gasteiger partial charge in [-0.05, 0) is 68.1 Å². The van der Waals surface area contributed by atoms with Crippen LogP contribution in [0.4, 0.5) is 0 Å². The first-order chi connectivity index (χ1) is 10.4. The minimum atomic E-state index is -0.279. The number of aliphatic hydroxyl groups is 1. The highest BCUT2D eigenvalue weighted by Crippen LogP contribution is 2.49. The van der Waals surface area contributed by atoms with Crippen LogP contribution in [0.25, 0.3) is 0 Å². The van der Waals surface area contributed by atoms with Gasteiger partial charge in [0.2, 0.25) is 0 Å². The number of ether oxygens (including phenoxy) is 1. The smallest absolute Gasteiger partial charge is 0.0771 e. The van der Waals surface area contributed by atoms with E-state index in [1.54, 1.807) is 0 Å². The summed E-state index contributed by atoms with van der Waals surface area (Å²) in [5.74, 6) is 2.73. The van der Waals surface area contributed by atoms with E-state index in [4.69, 9.17) is 4.74 Å². The summed E-state index contributed by atoms with van der Waals surface area (Å²) in [6.45, 7) is 10.0. The van der Waals surface area contributed by atoms with Gasteiger partial charge in [-0.2, -0.15) is 0 Å². The number of rotatable bonds is 6. The van der Waals surface area contributed by atoms with Crippen LogP contribution in [0.1, 0.15) is 85.5 Å². The van der Waals surface area contributed by atoms with E-state index in [9.17, 15) is 5.11 Å². The van der Waals surface area contributed by atoms with Crippen LogP contribution in [0.5, 0.6) is 0 Å². The Balaban J connectivity index is 1.77. The Bertz CT molecular complexity index is 310. The van der Waals surface area contributed by atoms with Gasteiger partial charge in [0.05, 0.1) is 18.8 Å². The van der Waals surface area contributed by atoms with Crippen molar-refractivity contribution in [1.29, 1.82) is 0 Å². The Morgan fingerprint density at radius 2 is 1.45 bits per heavy atom. The molecule has 1 atom stereocenters. The molecule has 2 rings (SSSR count). The van der Waals surface area contributed by atoms with Gasteiger partial charge in [0, 0.05) is 0 Å². The van der Waals surface area contributed by atoms with Gasteiger partial charge in [0.25, 0.3) is 0 Å². The summed E-state index contributed by atoms with van der Waals surface area (Å²) in [7, 11) is 0. The molecule has 0 spiro atoms. The molecule has 1 N–H and O–H groups in total. The van der Waals surface area contributed by atoms with Crippen molar-refractivity contribution in [3.8, 4) is 0 Å². The second-order valence-corrected chi connectivity index (χ2v) is 8.65. The average molecular weight is 311 g/mol. The topological polar surface area (TPSA) is 29.5 Å². The molecule has 0 amide bonds. The lowest BCUT2D eigenvalue weighted by Gasteiger charge is -2.46. The van der Waals surface area contributed by atoms with Crippen molar-refractivity contribution < 1.29 is 9.84 Å². The first-order valence-corrected chi connectivity index (χ1v) is 9.73. The zero-order valence-corrected chi connectivity index (χ0v) is 15.3. The van der Waals surface area contributed by atoms with Crippen LogP contribution in [0, 0.1) is 23.2 Å². The number of hydrogen-bond acceptors (Lipinski definition) is 2. The van der Waals surface area contributed by atoms with Crippen LogP contribution in [-0.2, 0) is 4.74 Å². The van der Waals surface area contributed by atoms with E-state index in [2.05, 4.69) is 20.8 Å². The SMILES string of the molecule is CCC(O)COC1CCC(C(C)(C)C2CCC(C)CC2)CC1. The molecule has 2 aliphatic carbocycles. The van der Waals surface area contributed by atoms with Crippen LogP contribution in [0.15, 0.2) is 0 Å². The average Bonchev–Trinajstić information content (AvgIpc) is 2.53. The summed E-state index contributed by atoms with van der Waals surface area (Å²) in [6.07, 6.45) is 11.6. The quantitative estimate of drug-likeness (QED) is 0.732. The maximum atomic E-state index is 9.64. The van der Waals surface area contributed by atoms with Crippen LogP contribution in [0.2, 0.25) is 0 Å². The van der Waals surface area contributed by atoms with Gasteiger partial charge in [-0.15, -0.1) is 0 Å². The first-order valence-electron chi connectivity index (χ1n) is 9.73. The second-order valence-electron chi connectivity index (χ2n) is 8.65. The normalized spacial score (nSPS) is 35.3. The van der Waals surface area contributed by atoms with Gasteiger partial charge in [0.1, 0.15) is 0 Å². The second kappa shape index (κ2) is 8.15. The molecule has 0 aromatic carbocycles. The Hall–Kier alpha value is -0.0800. The molecule has 130 valence electrons. The summed E-state index contributed by atoms with van der Waals surface area (Å²) in [4.78, 5) is 0. The fourth-order valence-electron chi connectivity index (χ4n) is 4.68. The molecule has 2 fully saturated rings. The van der Waals surface area contributed by atoms with Crippen molar-refractivity contribution in [3.05, 3.63) is 0 Å². The summed E-state index contributed by atoms with van der Waals surface area (Å²) in [6, 6.07) is 0. The minimum absolute atomic E-state index is 0.279. The van der Waals surface area contributed by atoms with E-state index >= 15 is 0 Å². The zero-order valence-electron chi connectivity index (χ0n) is 15.3. The fraction of sp³-hybridized carbons (Fsp3) is 1.00.